The molecule has 1 aromatic rings. The Kier molecular flexibility index (Phi) is 2.17. The maximum absolute atomic E-state index is 12.0. The largest absolute Gasteiger partial charge is 0.316 e. The predicted octanol–water partition coefficient (Wildman–Crippen LogP) is 0.798. The minimum absolute atomic E-state index is 0.161. The van der Waals surface area contributed by atoms with Gasteiger partial charge in [-0.2, -0.15) is 0 Å². The number of carbonyl (C=O) groups excluding carboxylic acids is 1. The summed E-state index contributed by atoms with van der Waals surface area (Å²) in [6.07, 6.45) is 3.50. The smallest absolute Gasteiger partial charge is 0.228 e. The number of aromatic nitrogens is 1. The third kappa shape index (κ3) is 1.50. The summed E-state index contributed by atoms with van der Waals surface area (Å²) in [6.45, 7) is 2.81. The summed E-state index contributed by atoms with van der Waals surface area (Å²) >= 11 is 0. The third-order valence-corrected chi connectivity index (χ3v) is 3.58. The van der Waals surface area contributed by atoms with Crippen molar-refractivity contribution in [3.8, 4) is 0 Å². The Morgan fingerprint density at radius 2 is 2.38 bits per heavy atom. The molecule has 0 saturated carbocycles. The van der Waals surface area contributed by atoms with Crippen molar-refractivity contribution in [1.29, 1.82) is 0 Å². The van der Waals surface area contributed by atoms with E-state index in [1.54, 1.807) is 6.20 Å². The van der Waals surface area contributed by atoms with Crippen molar-refractivity contribution < 1.29 is 4.79 Å². The van der Waals surface area contributed by atoms with Crippen LogP contribution in [0.1, 0.15) is 12.8 Å². The summed E-state index contributed by atoms with van der Waals surface area (Å²) in [6, 6.07) is 5.70. The van der Waals surface area contributed by atoms with E-state index in [1.807, 2.05) is 23.1 Å². The van der Waals surface area contributed by atoms with Gasteiger partial charge in [-0.05, 0) is 25.1 Å². The van der Waals surface area contributed by atoms with Gasteiger partial charge in [0.05, 0.1) is 0 Å². The normalized spacial score (nSPS) is 29.2. The molecule has 0 bridgehead atoms. The summed E-state index contributed by atoms with van der Waals surface area (Å²) in [5, 5.41) is 3.35. The molecule has 0 aliphatic carbocycles. The monoisotopic (exact) mass is 217 g/mol. The molecule has 4 nitrogen and oxygen atoms in total. The number of amides is 1. The van der Waals surface area contributed by atoms with Crippen LogP contribution in [0.25, 0.3) is 0 Å². The standard InChI is InChI=1S/C12H15N3O/c16-11-7-12(4-6-13-8-12)9-15(11)10-3-1-2-5-14-10/h1-3,5,13H,4,6-9H2/t12-/m0/s1. The lowest BCUT2D eigenvalue weighted by Crippen LogP contribution is -2.30. The zero-order chi connectivity index (χ0) is 11.0. The first kappa shape index (κ1) is 9.78. The van der Waals surface area contributed by atoms with Gasteiger partial charge < -0.3 is 5.32 Å². The molecular weight excluding hydrogens is 202 g/mol. The van der Waals surface area contributed by atoms with Gasteiger partial charge in [0.1, 0.15) is 5.82 Å². The van der Waals surface area contributed by atoms with Crippen molar-refractivity contribution in [2.45, 2.75) is 12.8 Å². The van der Waals surface area contributed by atoms with E-state index in [1.165, 1.54) is 0 Å². The molecule has 1 spiro atoms. The second-order valence-electron chi connectivity index (χ2n) is 4.77. The average Bonchev–Trinajstić information content (AvgIpc) is 2.88. The highest BCUT2D eigenvalue weighted by Crippen LogP contribution is 2.38. The number of hydrogen-bond donors (Lipinski definition) is 1. The molecule has 0 unspecified atom stereocenters. The fraction of sp³-hybridized carbons (Fsp3) is 0.500. The van der Waals surface area contributed by atoms with Gasteiger partial charge in [-0.15, -0.1) is 0 Å². The van der Waals surface area contributed by atoms with Gasteiger partial charge in [-0.25, -0.2) is 4.98 Å². The first-order chi connectivity index (χ1) is 7.79. The van der Waals surface area contributed by atoms with Gasteiger partial charge in [0.25, 0.3) is 0 Å². The van der Waals surface area contributed by atoms with E-state index < -0.39 is 0 Å². The van der Waals surface area contributed by atoms with Crippen LogP contribution in [-0.2, 0) is 4.79 Å². The summed E-state index contributed by atoms with van der Waals surface area (Å²) in [7, 11) is 0. The number of rotatable bonds is 1. The summed E-state index contributed by atoms with van der Waals surface area (Å²) in [5.74, 6) is 0.999. The molecule has 1 aromatic heterocycles. The number of nitrogens with one attached hydrogen (secondary N) is 1. The Morgan fingerprint density at radius 3 is 3.06 bits per heavy atom. The molecule has 2 aliphatic heterocycles. The topological polar surface area (TPSA) is 45.2 Å². The minimum atomic E-state index is 0.161. The molecule has 0 radical (unpaired) electrons. The highest BCUT2D eigenvalue weighted by molar-refractivity contribution is 5.95. The van der Waals surface area contributed by atoms with Crippen molar-refractivity contribution in [3.63, 3.8) is 0 Å². The quantitative estimate of drug-likeness (QED) is 0.756. The van der Waals surface area contributed by atoms with Crippen LogP contribution in [-0.4, -0.2) is 30.5 Å². The van der Waals surface area contributed by atoms with Crippen LogP contribution in [0.2, 0.25) is 0 Å². The van der Waals surface area contributed by atoms with Crippen LogP contribution in [0, 0.1) is 5.41 Å². The molecule has 1 amide bonds. The van der Waals surface area contributed by atoms with Crippen LogP contribution in [0.4, 0.5) is 5.82 Å². The number of nitrogens with zero attached hydrogens (tertiary/aromatic N) is 2. The molecule has 1 N–H and O–H groups in total. The summed E-state index contributed by atoms with van der Waals surface area (Å²) < 4.78 is 0. The molecule has 0 aromatic carbocycles. The molecule has 84 valence electrons. The molecule has 2 saturated heterocycles. The van der Waals surface area contributed by atoms with Gasteiger partial charge in [0, 0.05) is 31.1 Å². The maximum atomic E-state index is 12.0. The predicted molar refractivity (Wildman–Crippen MR) is 61.1 cm³/mol. The number of anilines is 1. The third-order valence-electron chi connectivity index (χ3n) is 3.58. The second-order valence-corrected chi connectivity index (χ2v) is 4.77. The van der Waals surface area contributed by atoms with Crippen LogP contribution >= 0.6 is 0 Å². The first-order valence-electron chi connectivity index (χ1n) is 5.71. The Hall–Kier alpha value is -1.42. The van der Waals surface area contributed by atoms with E-state index in [9.17, 15) is 4.79 Å². The van der Waals surface area contributed by atoms with E-state index in [-0.39, 0.29) is 11.3 Å². The molecule has 16 heavy (non-hydrogen) atoms. The van der Waals surface area contributed by atoms with Gasteiger partial charge >= 0.3 is 0 Å². The van der Waals surface area contributed by atoms with E-state index in [4.69, 9.17) is 0 Å². The van der Waals surface area contributed by atoms with E-state index >= 15 is 0 Å². The Morgan fingerprint density at radius 1 is 1.44 bits per heavy atom. The van der Waals surface area contributed by atoms with Crippen molar-refractivity contribution >= 4 is 11.7 Å². The van der Waals surface area contributed by atoms with Gasteiger partial charge in [0.2, 0.25) is 5.91 Å². The Bertz CT molecular complexity index is 398. The molecule has 3 heterocycles. The lowest BCUT2D eigenvalue weighted by atomic mass is 9.86. The number of carbonyl (C=O) groups is 1. The fourth-order valence-corrected chi connectivity index (χ4v) is 2.70. The zero-order valence-corrected chi connectivity index (χ0v) is 9.15. The van der Waals surface area contributed by atoms with Crippen LogP contribution in [0.3, 0.4) is 0 Å². The summed E-state index contributed by atoms with van der Waals surface area (Å²) in [5.41, 5.74) is 0.161. The van der Waals surface area contributed by atoms with E-state index in [2.05, 4.69) is 10.3 Å². The lowest BCUT2D eigenvalue weighted by molar-refractivity contribution is -0.117. The second kappa shape index (κ2) is 3.56. The first-order valence-corrected chi connectivity index (χ1v) is 5.71. The lowest BCUT2D eigenvalue weighted by Gasteiger charge is -2.21. The molecule has 2 fully saturated rings. The fourth-order valence-electron chi connectivity index (χ4n) is 2.70. The number of pyridine rings is 1. The van der Waals surface area contributed by atoms with Gasteiger partial charge in [0.15, 0.2) is 0 Å². The molecule has 4 heteroatoms. The van der Waals surface area contributed by atoms with Gasteiger partial charge in [-0.1, -0.05) is 6.07 Å². The van der Waals surface area contributed by atoms with Crippen LogP contribution in [0.15, 0.2) is 24.4 Å². The average molecular weight is 217 g/mol. The Balaban J connectivity index is 1.86. The molecule has 2 aliphatic rings. The van der Waals surface area contributed by atoms with Crippen molar-refractivity contribution in [2.24, 2.45) is 5.41 Å². The molecular formula is C12H15N3O. The Labute approximate surface area is 94.7 Å². The zero-order valence-electron chi connectivity index (χ0n) is 9.15. The number of hydrogen-bond acceptors (Lipinski definition) is 3. The SMILES string of the molecule is O=C1C[C@]2(CCNC2)CN1c1ccccn1. The maximum Gasteiger partial charge on any atom is 0.228 e. The van der Waals surface area contributed by atoms with E-state index in [0.717, 1.165) is 31.9 Å². The molecule has 3 rings (SSSR count). The highest BCUT2D eigenvalue weighted by Gasteiger charge is 2.45. The highest BCUT2D eigenvalue weighted by atomic mass is 16.2. The van der Waals surface area contributed by atoms with Crippen molar-refractivity contribution in [3.05, 3.63) is 24.4 Å². The van der Waals surface area contributed by atoms with Crippen molar-refractivity contribution in [2.75, 3.05) is 24.5 Å². The summed E-state index contributed by atoms with van der Waals surface area (Å²) in [4.78, 5) is 18.1. The van der Waals surface area contributed by atoms with Gasteiger partial charge in [-0.3, -0.25) is 9.69 Å². The van der Waals surface area contributed by atoms with Crippen LogP contribution < -0.4 is 10.2 Å². The minimum Gasteiger partial charge on any atom is -0.316 e. The molecule has 1 atom stereocenters. The van der Waals surface area contributed by atoms with Crippen LogP contribution in [0.5, 0.6) is 0 Å². The van der Waals surface area contributed by atoms with Crippen molar-refractivity contribution in [1.82, 2.24) is 10.3 Å². The van der Waals surface area contributed by atoms with E-state index in [0.29, 0.717) is 6.42 Å².